The Hall–Kier alpha value is -2.24. The first-order chi connectivity index (χ1) is 12.8. The summed E-state index contributed by atoms with van der Waals surface area (Å²) in [6.45, 7) is 5.20. The minimum atomic E-state index is 0.267. The summed E-state index contributed by atoms with van der Waals surface area (Å²) in [6.07, 6.45) is 4.13. The van der Waals surface area contributed by atoms with Crippen molar-refractivity contribution in [3.8, 4) is 16.5 Å². The van der Waals surface area contributed by atoms with Crippen molar-refractivity contribution in [2.45, 2.75) is 32.4 Å². The highest BCUT2D eigenvalue weighted by Crippen LogP contribution is 2.29. The zero-order valence-electron chi connectivity index (χ0n) is 15.0. The van der Waals surface area contributed by atoms with E-state index in [4.69, 9.17) is 9.72 Å². The Labute approximate surface area is 158 Å². The quantitative estimate of drug-likeness (QED) is 0.664. The van der Waals surface area contributed by atoms with Gasteiger partial charge in [-0.25, -0.2) is 9.97 Å². The molecule has 0 bridgehead atoms. The molecule has 1 aliphatic rings. The number of hydrogen-bond acceptors (Lipinski definition) is 5. The Kier molecular flexibility index (Phi) is 5.27. The fourth-order valence-corrected chi connectivity index (χ4v) is 4.37. The summed E-state index contributed by atoms with van der Waals surface area (Å²) in [5.41, 5.74) is 2.36. The van der Waals surface area contributed by atoms with Crippen molar-refractivity contribution in [1.82, 2.24) is 14.9 Å². The summed E-state index contributed by atoms with van der Waals surface area (Å²) in [6, 6.07) is 16.2. The van der Waals surface area contributed by atoms with E-state index in [1.807, 2.05) is 35.6 Å². The predicted octanol–water partition coefficient (Wildman–Crippen LogP) is 4.56. The Morgan fingerprint density at radius 2 is 1.85 bits per heavy atom. The van der Waals surface area contributed by atoms with Crippen LogP contribution in [0.15, 0.2) is 54.7 Å². The van der Waals surface area contributed by atoms with Crippen molar-refractivity contribution in [2.75, 3.05) is 13.1 Å². The summed E-state index contributed by atoms with van der Waals surface area (Å²) in [5.74, 6) is 0.733. The van der Waals surface area contributed by atoms with Gasteiger partial charge in [0.05, 0.1) is 5.69 Å². The lowest BCUT2D eigenvalue weighted by Crippen LogP contribution is -2.37. The van der Waals surface area contributed by atoms with Crippen molar-refractivity contribution in [2.24, 2.45) is 0 Å². The molecule has 2 aromatic heterocycles. The SMILES string of the molecule is Cc1nc(-c2ccccc2)sc1CN1CCC(Oc2ccccn2)CC1. The number of ether oxygens (including phenoxy) is 1. The van der Waals surface area contributed by atoms with E-state index in [9.17, 15) is 0 Å². The first-order valence-electron chi connectivity index (χ1n) is 9.10. The number of aromatic nitrogens is 2. The van der Waals surface area contributed by atoms with Gasteiger partial charge in [-0.3, -0.25) is 4.90 Å². The molecule has 134 valence electrons. The molecule has 1 saturated heterocycles. The lowest BCUT2D eigenvalue weighted by atomic mass is 10.1. The molecule has 0 unspecified atom stereocenters. The number of likely N-dealkylation sites (tertiary alicyclic amines) is 1. The van der Waals surface area contributed by atoms with Crippen molar-refractivity contribution in [3.63, 3.8) is 0 Å². The Morgan fingerprint density at radius 1 is 1.08 bits per heavy atom. The number of rotatable bonds is 5. The van der Waals surface area contributed by atoms with Crippen LogP contribution < -0.4 is 4.74 Å². The second kappa shape index (κ2) is 7.98. The number of piperidine rings is 1. The average molecular weight is 366 g/mol. The first kappa shape index (κ1) is 17.2. The maximum absolute atomic E-state index is 5.99. The van der Waals surface area contributed by atoms with Gasteiger partial charge in [-0.05, 0) is 25.8 Å². The van der Waals surface area contributed by atoms with Crippen LogP contribution in [0.2, 0.25) is 0 Å². The average Bonchev–Trinajstić information content (AvgIpc) is 3.05. The molecule has 1 aliphatic heterocycles. The number of nitrogens with zero attached hydrogens (tertiary/aromatic N) is 3. The number of pyridine rings is 1. The van der Waals surface area contributed by atoms with Gasteiger partial charge in [-0.2, -0.15) is 0 Å². The van der Waals surface area contributed by atoms with Gasteiger partial charge in [0, 0.05) is 42.3 Å². The first-order valence-corrected chi connectivity index (χ1v) is 9.91. The monoisotopic (exact) mass is 365 g/mol. The molecule has 1 aromatic carbocycles. The molecular formula is C21H23N3OS. The highest BCUT2D eigenvalue weighted by Gasteiger charge is 2.22. The van der Waals surface area contributed by atoms with E-state index in [1.165, 1.54) is 10.4 Å². The van der Waals surface area contributed by atoms with Gasteiger partial charge >= 0.3 is 0 Å². The lowest BCUT2D eigenvalue weighted by molar-refractivity contribution is 0.0936. The predicted molar refractivity (Wildman–Crippen MR) is 105 cm³/mol. The van der Waals surface area contributed by atoms with Gasteiger partial charge in [0.2, 0.25) is 5.88 Å². The largest absolute Gasteiger partial charge is 0.474 e. The van der Waals surface area contributed by atoms with Crippen LogP contribution in [0.25, 0.3) is 10.6 Å². The second-order valence-electron chi connectivity index (χ2n) is 6.65. The second-order valence-corrected chi connectivity index (χ2v) is 7.74. The summed E-state index contributed by atoms with van der Waals surface area (Å²) in [5, 5.41) is 1.12. The number of aryl methyl sites for hydroxylation is 1. The van der Waals surface area contributed by atoms with Crippen LogP contribution >= 0.6 is 11.3 Å². The fourth-order valence-electron chi connectivity index (χ4n) is 3.25. The summed E-state index contributed by atoms with van der Waals surface area (Å²) in [4.78, 5) is 12.9. The molecule has 0 radical (unpaired) electrons. The van der Waals surface area contributed by atoms with Crippen molar-refractivity contribution in [1.29, 1.82) is 0 Å². The van der Waals surface area contributed by atoms with Gasteiger partial charge < -0.3 is 4.74 Å². The van der Waals surface area contributed by atoms with Crippen LogP contribution in [-0.2, 0) is 6.54 Å². The van der Waals surface area contributed by atoms with E-state index in [2.05, 4.69) is 41.1 Å². The standard InChI is InChI=1S/C21H23N3OS/c1-16-19(26-21(23-16)17-7-3-2-4-8-17)15-24-13-10-18(11-14-24)25-20-9-5-6-12-22-20/h2-9,12,18H,10-11,13-15H2,1H3. The van der Waals surface area contributed by atoms with Gasteiger partial charge in [-0.15, -0.1) is 11.3 Å². The number of thiazole rings is 1. The van der Waals surface area contributed by atoms with E-state index in [-0.39, 0.29) is 6.10 Å². The molecular weight excluding hydrogens is 342 g/mol. The summed E-state index contributed by atoms with van der Waals surface area (Å²) in [7, 11) is 0. The molecule has 0 aliphatic carbocycles. The third-order valence-corrected chi connectivity index (χ3v) is 5.93. The normalized spacial score (nSPS) is 15.9. The zero-order valence-corrected chi connectivity index (χ0v) is 15.8. The van der Waals surface area contributed by atoms with E-state index in [0.717, 1.165) is 49.1 Å². The molecule has 1 fully saturated rings. The van der Waals surface area contributed by atoms with Gasteiger partial charge in [-0.1, -0.05) is 36.4 Å². The number of benzene rings is 1. The zero-order chi connectivity index (χ0) is 17.8. The van der Waals surface area contributed by atoms with Crippen molar-refractivity contribution < 1.29 is 4.74 Å². The molecule has 26 heavy (non-hydrogen) atoms. The van der Waals surface area contributed by atoms with Crippen LogP contribution in [0, 0.1) is 6.92 Å². The Balaban J connectivity index is 1.34. The maximum atomic E-state index is 5.99. The molecule has 0 amide bonds. The molecule has 3 heterocycles. The molecule has 4 nitrogen and oxygen atoms in total. The molecule has 3 aromatic rings. The van der Waals surface area contributed by atoms with E-state index in [1.54, 1.807) is 6.20 Å². The Bertz CT molecular complexity index is 827. The van der Waals surface area contributed by atoms with Crippen LogP contribution in [0.3, 0.4) is 0 Å². The molecule has 0 spiro atoms. The minimum Gasteiger partial charge on any atom is -0.474 e. The lowest BCUT2D eigenvalue weighted by Gasteiger charge is -2.31. The molecule has 5 heteroatoms. The topological polar surface area (TPSA) is 38.2 Å². The summed E-state index contributed by atoms with van der Waals surface area (Å²) < 4.78 is 5.99. The van der Waals surface area contributed by atoms with E-state index in [0.29, 0.717) is 0 Å². The number of hydrogen-bond donors (Lipinski definition) is 0. The molecule has 0 saturated carbocycles. The molecule has 0 N–H and O–H groups in total. The van der Waals surface area contributed by atoms with Gasteiger partial charge in [0.1, 0.15) is 11.1 Å². The van der Waals surface area contributed by atoms with Gasteiger partial charge in [0.25, 0.3) is 0 Å². The smallest absolute Gasteiger partial charge is 0.213 e. The van der Waals surface area contributed by atoms with Crippen LogP contribution in [0.5, 0.6) is 5.88 Å². The van der Waals surface area contributed by atoms with E-state index < -0.39 is 0 Å². The van der Waals surface area contributed by atoms with Crippen LogP contribution in [0.4, 0.5) is 0 Å². The highest BCUT2D eigenvalue weighted by atomic mass is 32.1. The van der Waals surface area contributed by atoms with Gasteiger partial charge in [0.15, 0.2) is 0 Å². The highest BCUT2D eigenvalue weighted by molar-refractivity contribution is 7.15. The molecule has 0 atom stereocenters. The fraction of sp³-hybridized carbons (Fsp3) is 0.333. The van der Waals surface area contributed by atoms with Crippen molar-refractivity contribution in [3.05, 3.63) is 65.3 Å². The summed E-state index contributed by atoms with van der Waals surface area (Å²) >= 11 is 1.82. The maximum Gasteiger partial charge on any atom is 0.213 e. The van der Waals surface area contributed by atoms with Crippen LogP contribution in [-0.4, -0.2) is 34.1 Å². The van der Waals surface area contributed by atoms with Crippen molar-refractivity contribution >= 4 is 11.3 Å². The molecule has 4 rings (SSSR count). The minimum absolute atomic E-state index is 0.267. The Morgan fingerprint density at radius 3 is 2.58 bits per heavy atom. The third-order valence-electron chi connectivity index (χ3n) is 4.74. The third kappa shape index (κ3) is 4.11. The van der Waals surface area contributed by atoms with Crippen LogP contribution in [0.1, 0.15) is 23.4 Å². The van der Waals surface area contributed by atoms with E-state index >= 15 is 0 Å².